The SMILES string of the molecule is Cc1ccccc1C(=O)NC1CCN(S(C)(=O)=O)CC1. The number of amides is 1. The van der Waals surface area contributed by atoms with Crippen LogP contribution in [-0.4, -0.2) is 44.0 Å². The summed E-state index contributed by atoms with van der Waals surface area (Å²) in [6.45, 7) is 2.84. The highest BCUT2D eigenvalue weighted by atomic mass is 32.2. The minimum atomic E-state index is -3.12. The molecule has 1 fully saturated rings. The minimum Gasteiger partial charge on any atom is -0.349 e. The lowest BCUT2D eigenvalue weighted by atomic mass is 10.0. The maximum absolute atomic E-state index is 12.2. The van der Waals surface area contributed by atoms with E-state index in [1.165, 1.54) is 10.6 Å². The van der Waals surface area contributed by atoms with Crippen LogP contribution < -0.4 is 5.32 Å². The van der Waals surface area contributed by atoms with Crippen molar-refractivity contribution >= 4 is 15.9 Å². The summed E-state index contributed by atoms with van der Waals surface area (Å²) in [7, 11) is -3.12. The molecule has 1 aromatic carbocycles. The Morgan fingerprint density at radius 3 is 2.40 bits per heavy atom. The van der Waals surface area contributed by atoms with Crippen LogP contribution in [0.4, 0.5) is 0 Å². The Morgan fingerprint density at radius 1 is 1.25 bits per heavy atom. The summed E-state index contributed by atoms with van der Waals surface area (Å²) in [4.78, 5) is 12.2. The van der Waals surface area contributed by atoms with Crippen molar-refractivity contribution in [3.05, 3.63) is 35.4 Å². The third-order valence-electron chi connectivity index (χ3n) is 3.65. The van der Waals surface area contributed by atoms with Gasteiger partial charge < -0.3 is 5.32 Å². The lowest BCUT2D eigenvalue weighted by Gasteiger charge is -2.30. The van der Waals surface area contributed by atoms with E-state index >= 15 is 0 Å². The summed E-state index contributed by atoms with van der Waals surface area (Å²) in [5.74, 6) is -0.0825. The van der Waals surface area contributed by atoms with Crippen LogP contribution >= 0.6 is 0 Å². The van der Waals surface area contributed by atoms with Gasteiger partial charge in [-0.3, -0.25) is 4.79 Å². The minimum absolute atomic E-state index is 0.0418. The van der Waals surface area contributed by atoms with Crippen molar-refractivity contribution in [1.82, 2.24) is 9.62 Å². The molecule has 1 N–H and O–H groups in total. The molecule has 1 aliphatic rings. The monoisotopic (exact) mass is 296 g/mol. The number of sulfonamides is 1. The smallest absolute Gasteiger partial charge is 0.251 e. The topological polar surface area (TPSA) is 66.5 Å². The fraction of sp³-hybridized carbons (Fsp3) is 0.500. The first-order valence-corrected chi connectivity index (χ1v) is 8.54. The van der Waals surface area contributed by atoms with E-state index in [0.29, 0.717) is 31.5 Å². The van der Waals surface area contributed by atoms with Gasteiger partial charge in [0.2, 0.25) is 10.0 Å². The normalized spacial score (nSPS) is 17.9. The highest BCUT2D eigenvalue weighted by Crippen LogP contribution is 2.14. The molecule has 5 nitrogen and oxygen atoms in total. The van der Waals surface area contributed by atoms with Gasteiger partial charge in [0.1, 0.15) is 0 Å². The molecule has 1 saturated heterocycles. The third-order valence-corrected chi connectivity index (χ3v) is 4.95. The zero-order valence-electron chi connectivity index (χ0n) is 11.8. The van der Waals surface area contributed by atoms with Gasteiger partial charge in [-0.1, -0.05) is 18.2 Å². The third kappa shape index (κ3) is 3.58. The largest absolute Gasteiger partial charge is 0.349 e. The van der Waals surface area contributed by atoms with Gasteiger partial charge in [-0.05, 0) is 31.4 Å². The Kier molecular flexibility index (Phi) is 4.45. The van der Waals surface area contributed by atoms with Gasteiger partial charge in [0.15, 0.2) is 0 Å². The molecule has 0 atom stereocenters. The summed E-state index contributed by atoms with van der Waals surface area (Å²) in [5.41, 5.74) is 1.62. The Hall–Kier alpha value is -1.40. The predicted molar refractivity (Wildman–Crippen MR) is 78.1 cm³/mol. The van der Waals surface area contributed by atoms with Gasteiger partial charge in [-0.25, -0.2) is 12.7 Å². The number of rotatable bonds is 3. The zero-order chi connectivity index (χ0) is 14.8. The maximum atomic E-state index is 12.2. The van der Waals surface area contributed by atoms with E-state index in [1.807, 2.05) is 25.1 Å². The van der Waals surface area contributed by atoms with Crippen molar-refractivity contribution in [1.29, 1.82) is 0 Å². The van der Waals surface area contributed by atoms with Gasteiger partial charge in [0.05, 0.1) is 6.26 Å². The van der Waals surface area contributed by atoms with Gasteiger partial charge in [-0.2, -0.15) is 0 Å². The molecule has 0 unspecified atom stereocenters. The molecule has 0 radical (unpaired) electrons. The fourth-order valence-electron chi connectivity index (χ4n) is 2.42. The second kappa shape index (κ2) is 5.93. The average molecular weight is 296 g/mol. The molecular formula is C14H20N2O3S. The molecule has 0 aromatic heterocycles. The second-order valence-electron chi connectivity index (χ2n) is 5.22. The number of benzene rings is 1. The first kappa shape index (κ1) is 15.0. The Labute approximate surface area is 120 Å². The number of piperidine rings is 1. The summed E-state index contributed by atoms with van der Waals surface area (Å²) < 4.78 is 24.3. The van der Waals surface area contributed by atoms with E-state index < -0.39 is 10.0 Å². The molecular weight excluding hydrogens is 276 g/mol. The summed E-state index contributed by atoms with van der Waals surface area (Å²) >= 11 is 0. The number of carbonyl (C=O) groups excluding carboxylic acids is 1. The Balaban J connectivity index is 1.93. The molecule has 0 spiro atoms. The Morgan fingerprint density at radius 2 is 1.85 bits per heavy atom. The van der Waals surface area contributed by atoms with Gasteiger partial charge in [0.25, 0.3) is 5.91 Å². The fourth-order valence-corrected chi connectivity index (χ4v) is 3.30. The van der Waals surface area contributed by atoms with Crippen LogP contribution in [0.1, 0.15) is 28.8 Å². The molecule has 1 heterocycles. The van der Waals surface area contributed by atoms with Crippen molar-refractivity contribution in [3.63, 3.8) is 0 Å². The highest BCUT2D eigenvalue weighted by Gasteiger charge is 2.26. The van der Waals surface area contributed by atoms with Gasteiger partial charge in [0, 0.05) is 24.7 Å². The zero-order valence-corrected chi connectivity index (χ0v) is 12.6. The molecule has 1 aliphatic heterocycles. The van der Waals surface area contributed by atoms with Crippen molar-refractivity contribution < 1.29 is 13.2 Å². The van der Waals surface area contributed by atoms with Crippen LogP contribution in [0.5, 0.6) is 0 Å². The number of nitrogens with zero attached hydrogens (tertiary/aromatic N) is 1. The van der Waals surface area contributed by atoms with Crippen molar-refractivity contribution in [2.45, 2.75) is 25.8 Å². The number of hydrogen-bond acceptors (Lipinski definition) is 3. The summed E-state index contributed by atoms with van der Waals surface area (Å²) in [5, 5.41) is 2.99. The molecule has 2 rings (SSSR count). The molecule has 1 aromatic rings. The van der Waals surface area contributed by atoms with E-state index in [-0.39, 0.29) is 11.9 Å². The molecule has 20 heavy (non-hydrogen) atoms. The number of nitrogens with one attached hydrogen (secondary N) is 1. The Bertz CT molecular complexity index is 590. The number of hydrogen-bond donors (Lipinski definition) is 1. The van der Waals surface area contributed by atoms with Crippen molar-refractivity contribution in [2.24, 2.45) is 0 Å². The number of carbonyl (C=O) groups is 1. The second-order valence-corrected chi connectivity index (χ2v) is 7.21. The predicted octanol–water partition coefficient (Wildman–Crippen LogP) is 1.15. The van der Waals surface area contributed by atoms with Crippen molar-refractivity contribution in [2.75, 3.05) is 19.3 Å². The van der Waals surface area contributed by atoms with E-state index in [4.69, 9.17) is 0 Å². The lowest BCUT2D eigenvalue weighted by Crippen LogP contribution is -2.46. The summed E-state index contributed by atoms with van der Waals surface area (Å²) in [6.07, 6.45) is 2.54. The quantitative estimate of drug-likeness (QED) is 0.910. The first-order valence-electron chi connectivity index (χ1n) is 6.69. The first-order chi connectivity index (χ1) is 9.38. The number of aryl methyl sites for hydroxylation is 1. The van der Waals surface area contributed by atoms with Gasteiger partial charge >= 0.3 is 0 Å². The van der Waals surface area contributed by atoms with E-state index in [9.17, 15) is 13.2 Å². The molecule has 110 valence electrons. The van der Waals surface area contributed by atoms with Crippen LogP contribution in [0.3, 0.4) is 0 Å². The highest BCUT2D eigenvalue weighted by molar-refractivity contribution is 7.88. The van der Waals surface area contributed by atoms with E-state index in [1.54, 1.807) is 6.07 Å². The van der Waals surface area contributed by atoms with Crippen LogP contribution in [0.15, 0.2) is 24.3 Å². The standard InChI is InChI=1S/C14H20N2O3S/c1-11-5-3-4-6-13(11)14(17)15-12-7-9-16(10-8-12)20(2,18)19/h3-6,12H,7-10H2,1-2H3,(H,15,17). The molecule has 0 saturated carbocycles. The molecule has 1 amide bonds. The molecule has 0 aliphatic carbocycles. The van der Waals surface area contributed by atoms with Crippen molar-refractivity contribution in [3.8, 4) is 0 Å². The van der Waals surface area contributed by atoms with Crippen LogP contribution in [-0.2, 0) is 10.0 Å². The molecule has 0 bridgehead atoms. The van der Waals surface area contributed by atoms with Gasteiger partial charge in [-0.15, -0.1) is 0 Å². The van der Waals surface area contributed by atoms with Crippen LogP contribution in [0, 0.1) is 6.92 Å². The van der Waals surface area contributed by atoms with Crippen LogP contribution in [0.2, 0.25) is 0 Å². The average Bonchev–Trinajstić information content (AvgIpc) is 2.38. The molecule has 6 heteroatoms. The van der Waals surface area contributed by atoms with Crippen LogP contribution in [0.25, 0.3) is 0 Å². The lowest BCUT2D eigenvalue weighted by molar-refractivity contribution is 0.0923. The maximum Gasteiger partial charge on any atom is 0.251 e. The van der Waals surface area contributed by atoms with E-state index in [2.05, 4.69) is 5.32 Å². The van der Waals surface area contributed by atoms with E-state index in [0.717, 1.165) is 5.56 Å². The summed E-state index contributed by atoms with van der Waals surface area (Å²) in [6, 6.07) is 7.49.